The molecule has 0 spiro atoms. The van der Waals surface area contributed by atoms with Crippen LogP contribution in [0.4, 0.5) is 26.1 Å². The van der Waals surface area contributed by atoms with Gasteiger partial charge >= 0.3 is 13.2 Å². The topological polar surface area (TPSA) is 18.5 Å². The van der Waals surface area contributed by atoms with Crippen LogP contribution in [0.3, 0.4) is 0 Å². The van der Waals surface area contributed by atoms with Crippen molar-refractivity contribution in [3.63, 3.8) is 0 Å². The van der Waals surface area contributed by atoms with Gasteiger partial charge in [0.25, 0.3) is 0 Å². The normalized spacial score (nSPS) is 12.5. The van der Waals surface area contributed by atoms with Crippen LogP contribution in [-0.4, -0.2) is 33.0 Å². The van der Waals surface area contributed by atoms with Gasteiger partial charge in [0, 0.05) is 6.42 Å². The van der Waals surface area contributed by atoms with Gasteiger partial charge in [0.05, 0.1) is 19.0 Å². The maximum Gasteiger partial charge on any atom is 0.513 e. The van der Waals surface area contributed by atoms with Crippen LogP contribution >= 0.6 is 0 Å². The maximum atomic E-state index is 12.8. The van der Waals surface area contributed by atoms with E-state index < -0.39 is 25.2 Å². The lowest BCUT2D eigenvalue weighted by Gasteiger charge is -2.20. The molecule has 0 radical (unpaired) electrons. The summed E-state index contributed by atoms with van der Waals surface area (Å²) < 4.78 is 83.1. The summed E-state index contributed by atoms with van der Waals surface area (Å²) in [4.78, 5) is 0. The van der Waals surface area contributed by atoms with Crippen molar-refractivity contribution in [2.24, 2.45) is 0 Å². The molecule has 9 heteroatoms. The molecule has 0 N–H and O–H groups in total. The molecule has 1 aromatic carbocycles. The number of hydrogen-bond donors (Lipinski definition) is 0. The minimum Gasteiger partial charge on any atom is -0.496 e. The van der Waals surface area contributed by atoms with Gasteiger partial charge in [-0.2, -0.15) is 13.2 Å². The van der Waals surface area contributed by atoms with E-state index in [0.717, 1.165) is 6.07 Å². The van der Waals surface area contributed by atoms with E-state index in [1.54, 1.807) is 0 Å². The van der Waals surface area contributed by atoms with E-state index >= 15 is 0 Å². The van der Waals surface area contributed by atoms with Crippen molar-refractivity contribution in [2.75, 3.05) is 19.8 Å². The Labute approximate surface area is 118 Å². The van der Waals surface area contributed by atoms with Crippen LogP contribution in [-0.2, 0) is 4.74 Å². The highest BCUT2D eigenvalue weighted by atomic mass is 19.4. The van der Waals surface area contributed by atoms with Crippen molar-refractivity contribution in [1.29, 1.82) is 0 Å². The predicted molar refractivity (Wildman–Crippen MR) is 66.9 cm³/mol. The number of halogens is 6. The summed E-state index contributed by atoms with van der Waals surface area (Å²) in [5.74, 6) is -0.316. The molecule has 0 saturated heterocycles. The number of benzene rings is 1. The van der Waals surface area contributed by atoms with E-state index in [1.165, 1.54) is 19.1 Å². The summed E-state index contributed by atoms with van der Waals surface area (Å²) in [6, 6.07) is 3.66. The van der Waals surface area contributed by atoms with Gasteiger partial charge in [-0.3, -0.25) is 0 Å². The van der Waals surface area contributed by atoms with Crippen LogP contribution in [0.1, 0.15) is 12.0 Å². The first kappa shape index (κ1) is 17.7. The van der Waals surface area contributed by atoms with Crippen LogP contribution < -0.4 is 10.2 Å². The van der Waals surface area contributed by atoms with Crippen LogP contribution in [0.5, 0.6) is 5.75 Å². The molecule has 0 unspecified atom stereocenters. The van der Waals surface area contributed by atoms with Gasteiger partial charge in [-0.25, -0.2) is 0 Å². The molecule has 0 fully saturated rings. The largest absolute Gasteiger partial charge is 0.513 e. The summed E-state index contributed by atoms with van der Waals surface area (Å²) >= 11 is 0. The smallest absolute Gasteiger partial charge is 0.496 e. The van der Waals surface area contributed by atoms with Crippen molar-refractivity contribution in [2.45, 2.75) is 19.5 Å². The zero-order valence-electron chi connectivity index (χ0n) is 11.2. The number of rotatable bonds is 7. The van der Waals surface area contributed by atoms with Gasteiger partial charge < -0.3 is 22.4 Å². The Morgan fingerprint density at radius 2 is 1.76 bits per heavy atom. The average molecular weight is 315 g/mol. The molecule has 0 heterocycles. The molecule has 1 rings (SSSR count). The lowest BCUT2D eigenvalue weighted by molar-refractivity contribution is -0.174. The van der Waals surface area contributed by atoms with Crippen molar-refractivity contribution < 1.29 is 35.6 Å². The Morgan fingerprint density at radius 3 is 2.33 bits per heavy atom. The lowest BCUT2D eigenvalue weighted by Crippen LogP contribution is -2.35. The van der Waals surface area contributed by atoms with Crippen molar-refractivity contribution in [1.82, 2.24) is 0 Å². The Morgan fingerprint density at radius 1 is 1.10 bits per heavy atom. The highest BCUT2D eigenvalue weighted by Crippen LogP contribution is 2.19. The summed E-state index contributed by atoms with van der Waals surface area (Å²) in [6.45, 7) is -5.45. The van der Waals surface area contributed by atoms with Gasteiger partial charge in [0.2, 0.25) is 0 Å². The van der Waals surface area contributed by atoms with E-state index in [4.69, 9.17) is 4.74 Å². The molecule has 0 saturated carbocycles. The van der Waals surface area contributed by atoms with Crippen molar-refractivity contribution >= 4 is 12.4 Å². The lowest BCUT2D eigenvalue weighted by atomic mass is 9.78. The van der Waals surface area contributed by atoms with E-state index in [2.05, 4.69) is 4.74 Å². The molecule has 0 aliphatic rings. The average Bonchev–Trinajstić information content (AvgIpc) is 2.32. The van der Waals surface area contributed by atoms with E-state index in [-0.39, 0.29) is 25.4 Å². The van der Waals surface area contributed by atoms with Crippen LogP contribution in [0, 0.1) is 6.92 Å². The predicted octanol–water partition coefficient (Wildman–Crippen LogP) is 3.40. The van der Waals surface area contributed by atoms with E-state index in [1.807, 2.05) is 0 Å². The molecule has 1 aromatic rings. The molecular formula is C12H14BF6O2-. The molecule has 120 valence electrons. The molecular weight excluding hydrogens is 301 g/mol. The molecule has 0 atom stereocenters. The molecule has 0 aliphatic carbocycles. The molecule has 21 heavy (non-hydrogen) atoms. The van der Waals surface area contributed by atoms with E-state index in [0.29, 0.717) is 5.56 Å². The number of hydrogen-bond acceptors (Lipinski definition) is 2. The van der Waals surface area contributed by atoms with Crippen LogP contribution in [0.25, 0.3) is 0 Å². The Balaban J connectivity index is 2.46. The number of ether oxygens (including phenoxy) is 2. The first-order chi connectivity index (χ1) is 9.59. The van der Waals surface area contributed by atoms with Crippen LogP contribution in [0.2, 0.25) is 0 Å². The van der Waals surface area contributed by atoms with Gasteiger partial charge in [0.15, 0.2) is 0 Å². The van der Waals surface area contributed by atoms with Crippen LogP contribution in [0.15, 0.2) is 18.2 Å². The number of aryl methyl sites for hydroxylation is 1. The first-order valence-electron chi connectivity index (χ1n) is 6.17. The summed E-state index contributed by atoms with van der Waals surface area (Å²) in [6.07, 6.45) is -4.35. The third-order valence-electron chi connectivity index (χ3n) is 2.47. The van der Waals surface area contributed by atoms with Gasteiger partial charge in [-0.15, -0.1) is 0 Å². The van der Waals surface area contributed by atoms with Gasteiger partial charge in [-0.05, 0) is 13.0 Å². The standard InChI is InChI=1S/C12H14BF6O2/c1-9-3-4-11(10(7-9)13(17,18)19)21-6-2-5-20-8-12(14,15)16/h3-4,7H,2,5-6,8H2,1H3/q-1. The zero-order chi connectivity index (χ0) is 16.1. The second-order valence-corrected chi connectivity index (χ2v) is 4.49. The molecule has 0 aromatic heterocycles. The minimum absolute atomic E-state index is 0.0637. The Hall–Kier alpha value is -1.38. The molecule has 0 aliphatic heterocycles. The second kappa shape index (κ2) is 7.06. The fourth-order valence-electron chi connectivity index (χ4n) is 1.59. The Bertz CT molecular complexity index is 458. The van der Waals surface area contributed by atoms with Crippen molar-refractivity contribution in [3.05, 3.63) is 23.8 Å². The zero-order valence-corrected chi connectivity index (χ0v) is 11.2. The van der Waals surface area contributed by atoms with Gasteiger partial charge in [0.1, 0.15) is 6.61 Å². The molecule has 0 bridgehead atoms. The van der Waals surface area contributed by atoms with E-state index in [9.17, 15) is 26.1 Å². The third kappa shape index (κ3) is 6.75. The highest BCUT2D eigenvalue weighted by Gasteiger charge is 2.29. The monoisotopic (exact) mass is 315 g/mol. The summed E-state index contributed by atoms with van der Waals surface area (Å²) in [7, 11) is 0. The third-order valence-corrected chi connectivity index (χ3v) is 2.47. The molecule has 2 nitrogen and oxygen atoms in total. The maximum absolute atomic E-state index is 12.8. The Kier molecular flexibility index (Phi) is 5.94. The first-order valence-corrected chi connectivity index (χ1v) is 6.17. The minimum atomic E-state index is -5.21. The summed E-state index contributed by atoms with van der Waals surface area (Å²) in [5.41, 5.74) is -0.392. The SMILES string of the molecule is Cc1ccc(OCCCOCC(F)(F)F)c([B-](F)(F)F)c1. The van der Waals surface area contributed by atoms with Crippen molar-refractivity contribution in [3.8, 4) is 5.75 Å². The highest BCUT2D eigenvalue weighted by molar-refractivity contribution is 6.74. The molecule has 0 amide bonds. The fraction of sp³-hybridized carbons (Fsp3) is 0.500. The quantitative estimate of drug-likeness (QED) is 0.436. The number of alkyl halides is 3. The van der Waals surface area contributed by atoms with Gasteiger partial charge in [-0.1, -0.05) is 23.2 Å². The summed E-state index contributed by atoms with van der Waals surface area (Å²) in [5, 5.41) is 0. The fourth-order valence-corrected chi connectivity index (χ4v) is 1.59. The second-order valence-electron chi connectivity index (χ2n) is 4.49.